The minimum absolute atomic E-state index is 0. The van der Waals surface area contributed by atoms with Crippen LogP contribution in [0.15, 0.2) is 24.3 Å². The molecule has 4 heteroatoms. The maximum atomic E-state index is 11.6. The number of likely N-dealkylation sites (tertiary alicyclic amines) is 1. The molecule has 1 aliphatic heterocycles. The van der Waals surface area contributed by atoms with Gasteiger partial charge in [0.05, 0.1) is 6.04 Å². The monoisotopic (exact) mass is 362 g/mol. The second-order valence-electron chi connectivity index (χ2n) is 7.84. The average Bonchev–Trinajstić information content (AvgIpc) is 2.63. The van der Waals surface area contributed by atoms with E-state index in [1.54, 1.807) is 6.92 Å². The molecule has 2 atom stereocenters. The SMILES string of the molecule is CSC(C)CCN1CCC2(CC[C@H](NC(C)=O)c3ccccc32)CC1.[HH]. The van der Waals surface area contributed by atoms with Gasteiger partial charge in [-0.15, -0.1) is 0 Å². The third-order valence-corrected chi connectivity index (χ3v) is 7.30. The van der Waals surface area contributed by atoms with Crippen LogP contribution in [-0.2, 0) is 10.2 Å². The van der Waals surface area contributed by atoms with Crippen molar-refractivity contribution in [3.05, 3.63) is 35.4 Å². The highest BCUT2D eigenvalue weighted by molar-refractivity contribution is 7.99. The fourth-order valence-electron chi connectivity index (χ4n) is 4.60. The van der Waals surface area contributed by atoms with Crippen LogP contribution in [0.25, 0.3) is 0 Å². The Hall–Kier alpha value is -1.00. The largest absolute Gasteiger partial charge is 0.350 e. The molecule has 25 heavy (non-hydrogen) atoms. The first kappa shape index (κ1) is 18.8. The van der Waals surface area contributed by atoms with Crippen molar-refractivity contribution in [3.8, 4) is 0 Å². The highest BCUT2D eigenvalue weighted by Gasteiger charge is 2.41. The Kier molecular flexibility index (Phi) is 6.11. The number of hydrogen-bond acceptors (Lipinski definition) is 3. The lowest BCUT2D eigenvalue weighted by Gasteiger charge is -2.47. The third kappa shape index (κ3) is 4.22. The van der Waals surface area contributed by atoms with Crippen molar-refractivity contribution in [1.82, 2.24) is 10.2 Å². The number of fused-ring (bicyclic) bond motifs is 2. The van der Waals surface area contributed by atoms with Gasteiger partial charge in [0.1, 0.15) is 0 Å². The summed E-state index contributed by atoms with van der Waals surface area (Å²) in [6, 6.07) is 9.02. The van der Waals surface area contributed by atoms with Crippen LogP contribution in [0.3, 0.4) is 0 Å². The van der Waals surface area contributed by atoms with Crippen LogP contribution in [0.2, 0.25) is 0 Å². The van der Waals surface area contributed by atoms with Gasteiger partial charge < -0.3 is 10.2 Å². The summed E-state index contributed by atoms with van der Waals surface area (Å²) in [4.78, 5) is 14.2. The van der Waals surface area contributed by atoms with E-state index >= 15 is 0 Å². The van der Waals surface area contributed by atoms with Crippen LogP contribution in [0.1, 0.15) is 64.5 Å². The van der Waals surface area contributed by atoms with Gasteiger partial charge in [0.2, 0.25) is 5.91 Å². The van der Waals surface area contributed by atoms with Gasteiger partial charge in [-0.2, -0.15) is 11.8 Å². The Labute approximate surface area is 158 Å². The van der Waals surface area contributed by atoms with Gasteiger partial charge in [-0.1, -0.05) is 31.2 Å². The third-order valence-electron chi connectivity index (χ3n) is 6.26. The second kappa shape index (κ2) is 8.13. The van der Waals surface area contributed by atoms with Crippen LogP contribution in [0, 0.1) is 0 Å². The number of hydrogen-bond donors (Lipinski definition) is 1. The number of rotatable bonds is 5. The van der Waals surface area contributed by atoms with E-state index in [9.17, 15) is 4.79 Å². The summed E-state index contributed by atoms with van der Waals surface area (Å²) < 4.78 is 0. The van der Waals surface area contributed by atoms with E-state index in [2.05, 4.69) is 47.7 Å². The van der Waals surface area contributed by atoms with E-state index in [1.165, 1.54) is 56.4 Å². The van der Waals surface area contributed by atoms with E-state index in [1.807, 2.05) is 11.8 Å². The molecule has 1 fully saturated rings. The molecule has 0 saturated carbocycles. The molecule has 1 amide bonds. The van der Waals surface area contributed by atoms with E-state index in [4.69, 9.17) is 0 Å². The zero-order valence-electron chi connectivity index (χ0n) is 15.9. The summed E-state index contributed by atoms with van der Waals surface area (Å²) in [6.07, 6.45) is 8.27. The lowest BCUT2D eigenvalue weighted by atomic mass is 9.63. The minimum Gasteiger partial charge on any atom is -0.350 e. The van der Waals surface area contributed by atoms with Gasteiger partial charge in [-0.25, -0.2) is 0 Å². The highest BCUT2D eigenvalue weighted by Crippen LogP contribution is 2.47. The zero-order valence-corrected chi connectivity index (χ0v) is 16.7. The van der Waals surface area contributed by atoms with E-state index in [0.717, 1.165) is 11.7 Å². The second-order valence-corrected chi connectivity index (χ2v) is 9.11. The fourth-order valence-corrected chi connectivity index (χ4v) is 4.94. The quantitative estimate of drug-likeness (QED) is 0.844. The van der Waals surface area contributed by atoms with Gasteiger partial charge in [-0.05, 0) is 74.5 Å². The molecule has 3 nitrogen and oxygen atoms in total. The van der Waals surface area contributed by atoms with Gasteiger partial charge in [0.25, 0.3) is 0 Å². The van der Waals surface area contributed by atoms with Gasteiger partial charge in [0, 0.05) is 13.6 Å². The zero-order chi connectivity index (χ0) is 17.9. The molecule has 0 radical (unpaired) electrons. The van der Waals surface area contributed by atoms with E-state index < -0.39 is 0 Å². The summed E-state index contributed by atoms with van der Waals surface area (Å²) in [7, 11) is 0. The summed E-state index contributed by atoms with van der Waals surface area (Å²) >= 11 is 1.97. The number of benzene rings is 1. The number of carbonyl (C=O) groups excluding carboxylic acids is 1. The molecule has 2 aliphatic rings. The predicted octanol–water partition coefficient (Wildman–Crippen LogP) is 4.38. The molecule has 1 spiro atoms. The Morgan fingerprint density at radius 2 is 2.08 bits per heavy atom. The lowest BCUT2D eigenvalue weighted by molar-refractivity contribution is -0.119. The first-order valence-corrected chi connectivity index (χ1v) is 10.9. The molecular formula is C21H34N2OS. The van der Waals surface area contributed by atoms with Crippen molar-refractivity contribution in [2.24, 2.45) is 0 Å². The number of amides is 1. The molecule has 1 N–H and O–H groups in total. The van der Waals surface area contributed by atoms with Crippen LogP contribution >= 0.6 is 11.8 Å². The van der Waals surface area contributed by atoms with Crippen molar-refractivity contribution in [1.29, 1.82) is 0 Å². The Morgan fingerprint density at radius 3 is 2.76 bits per heavy atom. The van der Waals surface area contributed by atoms with Crippen molar-refractivity contribution in [3.63, 3.8) is 0 Å². The number of carbonyl (C=O) groups is 1. The van der Waals surface area contributed by atoms with E-state index in [0.29, 0.717) is 5.41 Å². The number of nitrogens with one attached hydrogen (secondary N) is 1. The van der Waals surface area contributed by atoms with Gasteiger partial charge in [-0.3, -0.25) is 4.79 Å². The molecule has 1 aromatic carbocycles. The standard InChI is InChI=1S/C21H32N2OS.H2/c1-16(25-3)9-13-23-14-11-21(12-15-23)10-8-20(22-17(2)24)18-6-4-5-7-19(18)21;/h4-7,16,20H,8-15H2,1-3H3,(H,22,24);1H/t16?,20-;/m0./s1. The molecule has 1 saturated heterocycles. The molecule has 0 bridgehead atoms. The molecule has 3 rings (SSSR count). The molecule has 0 aromatic heterocycles. The summed E-state index contributed by atoms with van der Waals surface area (Å²) in [5.41, 5.74) is 3.18. The Morgan fingerprint density at radius 1 is 1.36 bits per heavy atom. The molecule has 140 valence electrons. The normalized spacial score (nSPS) is 23.9. The lowest BCUT2D eigenvalue weighted by Crippen LogP contribution is -2.46. The number of piperidine rings is 1. The first-order valence-electron chi connectivity index (χ1n) is 9.66. The molecule has 1 heterocycles. The molecule has 1 aromatic rings. The van der Waals surface area contributed by atoms with Crippen LogP contribution in [0.5, 0.6) is 0 Å². The number of nitrogens with zero attached hydrogens (tertiary/aromatic N) is 1. The number of thioether (sulfide) groups is 1. The smallest absolute Gasteiger partial charge is 0.217 e. The van der Waals surface area contributed by atoms with Crippen molar-refractivity contribution in [2.45, 2.75) is 62.7 Å². The van der Waals surface area contributed by atoms with E-state index in [-0.39, 0.29) is 13.4 Å². The van der Waals surface area contributed by atoms with Gasteiger partial charge in [0.15, 0.2) is 0 Å². The Balaban J connectivity index is 0.00000243. The molecule has 1 unspecified atom stereocenters. The Bertz CT molecular complexity index is 601. The summed E-state index contributed by atoms with van der Waals surface area (Å²) in [5, 5.41) is 3.91. The summed E-state index contributed by atoms with van der Waals surface area (Å²) in [6.45, 7) is 7.60. The predicted molar refractivity (Wildman–Crippen MR) is 109 cm³/mol. The summed E-state index contributed by atoms with van der Waals surface area (Å²) in [5.74, 6) is 0.0773. The fraction of sp³-hybridized carbons (Fsp3) is 0.667. The molecule has 1 aliphatic carbocycles. The topological polar surface area (TPSA) is 32.3 Å². The van der Waals surface area contributed by atoms with Crippen molar-refractivity contribution in [2.75, 3.05) is 25.9 Å². The first-order chi connectivity index (χ1) is 12.0. The van der Waals surface area contributed by atoms with Crippen LogP contribution < -0.4 is 5.32 Å². The van der Waals surface area contributed by atoms with Crippen LogP contribution in [-0.4, -0.2) is 41.9 Å². The highest BCUT2D eigenvalue weighted by atomic mass is 32.2. The average molecular weight is 363 g/mol. The van der Waals surface area contributed by atoms with Gasteiger partial charge >= 0.3 is 0 Å². The maximum absolute atomic E-state index is 11.6. The molecular weight excluding hydrogens is 328 g/mol. The van der Waals surface area contributed by atoms with Crippen molar-refractivity contribution >= 4 is 17.7 Å². The minimum atomic E-state index is 0. The maximum Gasteiger partial charge on any atom is 0.217 e. The van der Waals surface area contributed by atoms with Crippen molar-refractivity contribution < 1.29 is 6.22 Å². The van der Waals surface area contributed by atoms with Crippen LogP contribution in [0.4, 0.5) is 0 Å².